The van der Waals surface area contributed by atoms with E-state index in [0.717, 1.165) is 16.3 Å². The van der Waals surface area contributed by atoms with Gasteiger partial charge in [0.2, 0.25) is 0 Å². The third-order valence-corrected chi connectivity index (χ3v) is 5.27. The highest BCUT2D eigenvalue weighted by atomic mass is 79.9. The first-order valence-corrected chi connectivity index (χ1v) is 9.82. The molecule has 26 heavy (non-hydrogen) atoms. The number of nitrogens with one attached hydrogen (secondary N) is 1. The van der Waals surface area contributed by atoms with Crippen LogP contribution in [-0.2, 0) is 11.3 Å². The molecule has 8 heteroatoms. The minimum absolute atomic E-state index is 0.220. The first-order chi connectivity index (χ1) is 12.5. The van der Waals surface area contributed by atoms with Crippen molar-refractivity contribution in [1.29, 1.82) is 0 Å². The van der Waals surface area contributed by atoms with Crippen molar-refractivity contribution in [3.63, 3.8) is 0 Å². The van der Waals surface area contributed by atoms with Crippen molar-refractivity contribution in [2.24, 2.45) is 0 Å². The number of pyridine rings is 1. The van der Waals surface area contributed by atoms with Crippen molar-refractivity contribution in [2.75, 3.05) is 0 Å². The maximum atomic E-state index is 12.3. The number of aromatic nitrogens is 2. The van der Waals surface area contributed by atoms with E-state index >= 15 is 0 Å². The SMILES string of the molecule is CC(Oc1ccc(Cl)cc1Br)C(=O)NCc1csc(-c2cccnc2)n1. The minimum atomic E-state index is -0.649. The summed E-state index contributed by atoms with van der Waals surface area (Å²) in [5.74, 6) is 0.340. The second-order valence-electron chi connectivity index (χ2n) is 5.44. The Morgan fingerprint density at radius 3 is 3.00 bits per heavy atom. The third-order valence-electron chi connectivity index (χ3n) is 3.47. The quantitative estimate of drug-likeness (QED) is 0.588. The van der Waals surface area contributed by atoms with Crippen LogP contribution in [0.1, 0.15) is 12.6 Å². The molecule has 1 N–H and O–H groups in total. The average molecular weight is 453 g/mol. The summed E-state index contributed by atoms with van der Waals surface area (Å²) in [6, 6.07) is 8.97. The highest BCUT2D eigenvalue weighted by Crippen LogP contribution is 2.28. The molecule has 0 radical (unpaired) electrons. The van der Waals surface area contributed by atoms with Gasteiger partial charge >= 0.3 is 0 Å². The van der Waals surface area contributed by atoms with Crippen molar-refractivity contribution >= 4 is 44.8 Å². The normalized spacial score (nSPS) is 11.8. The van der Waals surface area contributed by atoms with Crippen molar-refractivity contribution in [2.45, 2.75) is 19.6 Å². The summed E-state index contributed by atoms with van der Waals surface area (Å²) in [5, 5.41) is 6.22. The van der Waals surface area contributed by atoms with Crippen LogP contribution >= 0.6 is 38.9 Å². The second kappa shape index (κ2) is 8.62. The van der Waals surface area contributed by atoms with Crippen molar-refractivity contribution < 1.29 is 9.53 Å². The number of benzene rings is 1. The molecule has 3 aromatic rings. The van der Waals surface area contributed by atoms with E-state index in [0.29, 0.717) is 21.8 Å². The third kappa shape index (κ3) is 4.81. The van der Waals surface area contributed by atoms with Gasteiger partial charge in [-0.05, 0) is 53.2 Å². The highest BCUT2D eigenvalue weighted by molar-refractivity contribution is 9.10. The van der Waals surface area contributed by atoms with Crippen LogP contribution in [0, 0.1) is 0 Å². The topological polar surface area (TPSA) is 64.1 Å². The van der Waals surface area contributed by atoms with Gasteiger partial charge in [0.05, 0.1) is 16.7 Å². The molecule has 1 unspecified atom stereocenters. The van der Waals surface area contributed by atoms with E-state index in [1.165, 1.54) is 11.3 Å². The van der Waals surface area contributed by atoms with Crippen LogP contribution in [0.2, 0.25) is 5.02 Å². The van der Waals surface area contributed by atoms with Gasteiger partial charge in [-0.25, -0.2) is 4.98 Å². The molecule has 0 aliphatic rings. The molecule has 5 nitrogen and oxygen atoms in total. The standard InChI is InChI=1S/C18H15BrClN3O2S/c1-11(25-16-5-4-13(20)7-15(16)19)17(24)22-9-14-10-26-18(23-14)12-3-2-6-21-8-12/h2-8,10-11H,9H2,1H3,(H,22,24). The predicted molar refractivity (Wildman–Crippen MR) is 106 cm³/mol. The highest BCUT2D eigenvalue weighted by Gasteiger charge is 2.16. The van der Waals surface area contributed by atoms with Gasteiger partial charge in [-0.15, -0.1) is 11.3 Å². The van der Waals surface area contributed by atoms with Crippen molar-refractivity contribution in [1.82, 2.24) is 15.3 Å². The lowest BCUT2D eigenvalue weighted by Gasteiger charge is -2.15. The summed E-state index contributed by atoms with van der Waals surface area (Å²) in [4.78, 5) is 20.9. The Hall–Kier alpha value is -1.96. The van der Waals surface area contributed by atoms with Gasteiger partial charge in [-0.1, -0.05) is 11.6 Å². The molecule has 2 heterocycles. The van der Waals surface area contributed by atoms with E-state index < -0.39 is 6.10 Å². The summed E-state index contributed by atoms with van der Waals surface area (Å²) in [5.41, 5.74) is 1.75. The van der Waals surface area contributed by atoms with Gasteiger partial charge in [0.15, 0.2) is 6.10 Å². The van der Waals surface area contributed by atoms with Crippen LogP contribution in [0.5, 0.6) is 5.75 Å². The minimum Gasteiger partial charge on any atom is -0.480 e. The van der Waals surface area contributed by atoms with Gasteiger partial charge in [-0.3, -0.25) is 9.78 Å². The number of hydrogen-bond acceptors (Lipinski definition) is 5. The summed E-state index contributed by atoms with van der Waals surface area (Å²) in [6.07, 6.45) is 2.84. The molecule has 0 fully saturated rings. The molecular weight excluding hydrogens is 438 g/mol. The van der Waals surface area contributed by atoms with Gasteiger partial charge in [0.1, 0.15) is 10.8 Å². The number of halogens is 2. The van der Waals surface area contributed by atoms with E-state index in [1.54, 1.807) is 37.5 Å². The zero-order chi connectivity index (χ0) is 18.5. The molecule has 1 amide bonds. The molecule has 1 atom stereocenters. The van der Waals surface area contributed by atoms with Crippen LogP contribution in [0.25, 0.3) is 10.6 Å². The lowest BCUT2D eigenvalue weighted by atomic mass is 10.3. The fraction of sp³-hybridized carbons (Fsp3) is 0.167. The fourth-order valence-electron chi connectivity index (χ4n) is 2.15. The number of carbonyl (C=O) groups excluding carboxylic acids is 1. The fourth-order valence-corrected chi connectivity index (χ4v) is 3.73. The smallest absolute Gasteiger partial charge is 0.261 e. The molecule has 0 aliphatic heterocycles. The van der Waals surface area contributed by atoms with Crippen molar-refractivity contribution in [3.8, 4) is 16.3 Å². The Labute approximate surface area is 168 Å². The number of thiazole rings is 1. The Balaban J connectivity index is 1.56. The molecule has 2 aromatic heterocycles. The van der Waals surface area contributed by atoms with E-state index in [4.69, 9.17) is 16.3 Å². The van der Waals surface area contributed by atoms with E-state index in [1.807, 2.05) is 17.5 Å². The van der Waals surface area contributed by atoms with Crippen LogP contribution in [-0.4, -0.2) is 22.0 Å². The number of ether oxygens (including phenoxy) is 1. The average Bonchev–Trinajstić information content (AvgIpc) is 3.11. The molecular formula is C18H15BrClN3O2S. The summed E-state index contributed by atoms with van der Waals surface area (Å²) in [7, 11) is 0. The van der Waals surface area contributed by atoms with E-state index in [2.05, 4.69) is 31.2 Å². The van der Waals surface area contributed by atoms with Gasteiger partial charge < -0.3 is 10.1 Å². The van der Waals surface area contributed by atoms with Crippen LogP contribution in [0.4, 0.5) is 0 Å². The zero-order valence-corrected chi connectivity index (χ0v) is 16.9. The summed E-state index contributed by atoms with van der Waals surface area (Å²) in [6.45, 7) is 2.03. The number of nitrogens with zero attached hydrogens (tertiary/aromatic N) is 2. The van der Waals surface area contributed by atoms with Crippen LogP contribution < -0.4 is 10.1 Å². The van der Waals surface area contributed by atoms with E-state index in [9.17, 15) is 4.79 Å². The monoisotopic (exact) mass is 451 g/mol. The van der Waals surface area contributed by atoms with Gasteiger partial charge in [0.25, 0.3) is 5.91 Å². The second-order valence-corrected chi connectivity index (χ2v) is 7.59. The maximum absolute atomic E-state index is 12.3. The first-order valence-electron chi connectivity index (χ1n) is 7.77. The number of carbonyl (C=O) groups is 1. The lowest BCUT2D eigenvalue weighted by Crippen LogP contribution is -2.36. The molecule has 3 rings (SSSR count). The first kappa shape index (κ1) is 18.8. The molecule has 134 valence electrons. The van der Waals surface area contributed by atoms with Gasteiger partial charge in [-0.2, -0.15) is 0 Å². The van der Waals surface area contributed by atoms with Crippen LogP contribution in [0.3, 0.4) is 0 Å². The lowest BCUT2D eigenvalue weighted by molar-refractivity contribution is -0.127. The Morgan fingerprint density at radius 1 is 1.42 bits per heavy atom. The van der Waals surface area contributed by atoms with Gasteiger partial charge in [0, 0.05) is 28.4 Å². The largest absolute Gasteiger partial charge is 0.480 e. The van der Waals surface area contributed by atoms with Crippen molar-refractivity contribution in [3.05, 3.63) is 63.3 Å². The number of rotatable bonds is 6. The number of hydrogen-bond donors (Lipinski definition) is 1. The summed E-state index contributed by atoms with van der Waals surface area (Å²) >= 11 is 10.8. The Kier molecular flexibility index (Phi) is 6.24. The molecule has 0 aliphatic carbocycles. The molecule has 0 spiro atoms. The summed E-state index contributed by atoms with van der Waals surface area (Å²) < 4.78 is 6.38. The molecule has 0 saturated carbocycles. The molecule has 1 aromatic carbocycles. The Bertz CT molecular complexity index is 904. The number of amides is 1. The molecule has 0 saturated heterocycles. The zero-order valence-electron chi connectivity index (χ0n) is 13.8. The Morgan fingerprint density at radius 2 is 2.27 bits per heavy atom. The molecule has 0 bridgehead atoms. The van der Waals surface area contributed by atoms with Crippen LogP contribution in [0.15, 0.2) is 52.6 Å². The maximum Gasteiger partial charge on any atom is 0.261 e. The predicted octanol–water partition coefficient (Wildman–Crippen LogP) is 4.70. The van der Waals surface area contributed by atoms with E-state index in [-0.39, 0.29) is 5.91 Å².